The average Bonchev–Trinajstić information content (AvgIpc) is 4.00. The van der Waals surface area contributed by atoms with Crippen LogP contribution >= 0.6 is 22.7 Å². The second kappa shape index (κ2) is 12.5. The van der Waals surface area contributed by atoms with Crippen LogP contribution in [0.5, 0.6) is 0 Å². The van der Waals surface area contributed by atoms with E-state index in [0.29, 0.717) is 0 Å². The first-order valence-electron chi connectivity index (χ1n) is 20.8. The zero-order chi connectivity index (χ0) is 39.8. The molecule has 14 rings (SSSR count). The quantitative estimate of drug-likeness (QED) is 0.164. The van der Waals surface area contributed by atoms with Gasteiger partial charge in [0.05, 0.1) is 28.1 Å². The lowest BCUT2D eigenvalue weighted by molar-refractivity contribution is 1.12. The van der Waals surface area contributed by atoms with Gasteiger partial charge in [-0.15, -0.1) is 22.7 Å². The minimum atomic E-state index is 1.13. The van der Waals surface area contributed by atoms with Crippen LogP contribution in [0, 0.1) is 0 Å². The molecule has 5 heteroatoms. The van der Waals surface area contributed by atoms with Crippen molar-refractivity contribution in [2.24, 2.45) is 0 Å². The molecule has 3 nitrogen and oxygen atoms in total. The molecule has 3 aromatic heterocycles. The van der Waals surface area contributed by atoms with Crippen LogP contribution in [0.25, 0.3) is 89.4 Å². The Hall–Kier alpha value is -7.44. The molecule has 0 spiro atoms. The van der Waals surface area contributed by atoms with Crippen molar-refractivity contribution in [1.82, 2.24) is 4.57 Å². The fraction of sp³-hybridized carbons (Fsp3) is 0. The molecule has 13 aromatic rings. The number of rotatable bonds is 4. The maximum Gasteiger partial charge on any atom is 0.0798 e. The second-order valence-corrected chi connectivity index (χ2v) is 18.2. The third-order valence-electron chi connectivity index (χ3n) is 12.8. The Morgan fingerprint density at radius 3 is 1.75 bits per heavy atom. The van der Waals surface area contributed by atoms with Gasteiger partial charge < -0.3 is 14.4 Å². The Morgan fingerprint density at radius 1 is 0.328 bits per heavy atom. The van der Waals surface area contributed by atoms with Gasteiger partial charge in [0.2, 0.25) is 0 Å². The van der Waals surface area contributed by atoms with E-state index in [0.717, 1.165) is 22.7 Å². The number of thiophene rings is 2. The molecule has 0 amide bonds. The Bertz CT molecular complexity index is 3950. The van der Waals surface area contributed by atoms with Crippen molar-refractivity contribution in [3.8, 4) is 5.69 Å². The molecule has 0 saturated carbocycles. The van der Waals surface area contributed by atoms with E-state index >= 15 is 0 Å². The van der Waals surface area contributed by atoms with Crippen LogP contribution < -0.4 is 9.80 Å². The number of fused-ring (bicyclic) bond motifs is 17. The molecule has 0 fully saturated rings. The van der Waals surface area contributed by atoms with Crippen LogP contribution in [-0.2, 0) is 0 Å². The maximum atomic E-state index is 2.58. The summed E-state index contributed by atoms with van der Waals surface area (Å²) in [5, 5.41) is 12.9. The minimum Gasteiger partial charge on any atom is -0.310 e. The summed E-state index contributed by atoms with van der Waals surface area (Å²) < 4.78 is 7.79. The normalized spacial score (nSPS) is 12.6. The smallest absolute Gasteiger partial charge is 0.0798 e. The minimum absolute atomic E-state index is 1.13. The van der Waals surface area contributed by atoms with Crippen LogP contribution in [0.15, 0.2) is 200 Å². The zero-order valence-corrected chi connectivity index (χ0v) is 34.3. The van der Waals surface area contributed by atoms with Crippen molar-refractivity contribution in [2.45, 2.75) is 0 Å². The summed E-state index contributed by atoms with van der Waals surface area (Å²) in [5.41, 5.74) is 10.6. The predicted octanol–water partition coefficient (Wildman–Crippen LogP) is 17.1. The third-order valence-corrected chi connectivity index (χ3v) is 15.1. The lowest BCUT2D eigenvalue weighted by Crippen LogP contribution is -2.18. The first kappa shape index (κ1) is 33.4. The molecule has 0 N–H and O–H groups in total. The predicted molar refractivity (Wildman–Crippen MR) is 264 cm³/mol. The summed E-state index contributed by atoms with van der Waals surface area (Å²) in [4.78, 5) is 4.91. The largest absolute Gasteiger partial charge is 0.310 e. The molecule has 61 heavy (non-hydrogen) atoms. The fourth-order valence-electron chi connectivity index (χ4n) is 10.3. The molecule has 10 aromatic carbocycles. The summed E-state index contributed by atoms with van der Waals surface area (Å²) in [6, 6.07) is 74.0. The highest BCUT2D eigenvalue weighted by Gasteiger charge is 2.32. The molecule has 0 atom stereocenters. The summed E-state index contributed by atoms with van der Waals surface area (Å²) in [7, 11) is 0. The van der Waals surface area contributed by atoms with Gasteiger partial charge in [-0.25, -0.2) is 0 Å². The molecule has 0 radical (unpaired) electrons. The van der Waals surface area contributed by atoms with E-state index in [4.69, 9.17) is 0 Å². The molecule has 1 aliphatic heterocycles. The summed E-state index contributed by atoms with van der Waals surface area (Å²) in [6.45, 7) is 0. The molecular weight excluding hydrogens is 779 g/mol. The lowest BCUT2D eigenvalue weighted by Gasteiger charge is -2.33. The van der Waals surface area contributed by atoms with Crippen LogP contribution in [0.4, 0.5) is 34.1 Å². The van der Waals surface area contributed by atoms with Gasteiger partial charge >= 0.3 is 0 Å². The summed E-state index contributed by atoms with van der Waals surface area (Å²) in [6.07, 6.45) is 0. The van der Waals surface area contributed by atoms with Gasteiger partial charge in [-0.05, 0) is 95.0 Å². The molecular formula is C56H33N3S2. The van der Waals surface area contributed by atoms with E-state index in [9.17, 15) is 0 Å². The van der Waals surface area contributed by atoms with Crippen LogP contribution in [0.1, 0.15) is 0 Å². The molecule has 0 unspecified atom stereocenters. The topological polar surface area (TPSA) is 11.4 Å². The number of benzene rings is 10. The summed E-state index contributed by atoms with van der Waals surface area (Å²) >= 11 is 3.79. The maximum absolute atomic E-state index is 2.58. The number of nitrogens with zero attached hydrogens (tertiary/aromatic N) is 3. The summed E-state index contributed by atoms with van der Waals surface area (Å²) in [5.74, 6) is 0. The molecule has 4 heterocycles. The first-order valence-corrected chi connectivity index (χ1v) is 22.4. The molecule has 0 bridgehead atoms. The Labute approximate surface area is 358 Å². The van der Waals surface area contributed by atoms with Crippen molar-refractivity contribution in [3.63, 3.8) is 0 Å². The highest BCUT2D eigenvalue weighted by molar-refractivity contribution is 7.27. The van der Waals surface area contributed by atoms with Gasteiger partial charge in [0.1, 0.15) is 0 Å². The average molecular weight is 812 g/mol. The van der Waals surface area contributed by atoms with Crippen LogP contribution in [-0.4, -0.2) is 4.57 Å². The van der Waals surface area contributed by atoms with Gasteiger partial charge in [-0.3, -0.25) is 0 Å². The molecule has 284 valence electrons. The number of para-hydroxylation sites is 4. The van der Waals surface area contributed by atoms with Gasteiger partial charge in [0.25, 0.3) is 0 Å². The van der Waals surface area contributed by atoms with E-state index in [1.807, 2.05) is 22.7 Å². The van der Waals surface area contributed by atoms with Crippen molar-refractivity contribution in [3.05, 3.63) is 200 Å². The lowest BCUT2D eigenvalue weighted by atomic mass is 9.96. The Kier molecular flexibility index (Phi) is 6.87. The van der Waals surface area contributed by atoms with Gasteiger partial charge in [0, 0.05) is 79.3 Å². The van der Waals surface area contributed by atoms with Crippen molar-refractivity contribution >= 4 is 140 Å². The highest BCUT2D eigenvalue weighted by Crippen LogP contribution is 2.56. The zero-order valence-electron chi connectivity index (χ0n) is 32.7. The number of aromatic nitrogens is 1. The van der Waals surface area contributed by atoms with Crippen molar-refractivity contribution in [1.29, 1.82) is 0 Å². The standard InChI is InChI=1S/C56H33N3S2/c1-3-15-34(16-4-1)57(37-27-29-41-40-21-11-14-26-49(40)60-51(41)32-37)36-28-30-50-44(31-36)45-33-48-55-53(56(45)61-50)52-42-22-9-7-19-38(42)39-20-8-10-23-43(39)54(52)59(55)47-25-13-12-24-46(47)58(48)35-17-5-2-6-18-35/h1-33H. The number of hydrogen-bond acceptors (Lipinski definition) is 4. The first-order chi connectivity index (χ1) is 30.3. The molecule has 1 aliphatic rings. The van der Waals surface area contributed by atoms with E-state index in [1.165, 1.54) is 101 Å². The second-order valence-electron chi connectivity index (χ2n) is 16.0. The monoisotopic (exact) mass is 811 g/mol. The van der Waals surface area contributed by atoms with Crippen molar-refractivity contribution < 1.29 is 0 Å². The SMILES string of the molecule is c1ccc(N(c2ccc3c(c2)sc2ccccc23)c2ccc3sc4c(cc5c6c4c4c7ccccc7c7ccccc7c4n6-c4ccccc4N5c4ccccc4)c3c2)cc1. The Morgan fingerprint density at radius 2 is 0.934 bits per heavy atom. The highest BCUT2D eigenvalue weighted by atomic mass is 32.1. The van der Waals surface area contributed by atoms with Crippen LogP contribution in [0.3, 0.4) is 0 Å². The molecule has 0 aliphatic carbocycles. The third kappa shape index (κ3) is 4.62. The molecule has 0 saturated heterocycles. The number of hydrogen-bond donors (Lipinski definition) is 0. The van der Waals surface area contributed by atoms with E-state index in [2.05, 4.69) is 215 Å². The van der Waals surface area contributed by atoms with E-state index in [-0.39, 0.29) is 0 Å². The van der Waals surface area contributed by atoms with Crippen molar-refractivity contribution in [2.75, 3.05) is 9.80 Å². The fourth-order valence-corrected chi connectivity index (χ4v) is 12.7. The van der Waals surface area contributed by atoms with Gasteiger partial charge in [0.15, 0.2) is 0 Å². The van der Waals surface area contributed by atoms with E-state index < -0.39 is 0 Å². The Balaban J connectivity index is 1.12. The van der Waals surface area contributed by atoms with Gasteiger partial charge in [-0.1, -0.05) is 121 Å². The van der Waals surface area contributed by atoms with Crippen LogP contribution in [0.2, 0.25) is 0 Å². The van der Waals surface area contributed by atoms with Gasteiger partial charge in [-0.2, -0.15) is 0 Å². The number of anilines is 6. The van der Waals surface area contributed by atoms with E-state index in [1.54, 1.807) is 0 Å².